The topological polar surface area (TPSA) is 56.8 Å². The molecule has 138 valence electrons. The molecule has 0 spiro atoms. The number of hydrogen-bond donors (Lipinski definition) is 2. The zero-order valence-corrected chi connectivity index (χ0v) is 14.9. The maximum atomic E-state index is 12.4. The van der Waals surface area contributed by atoms with Crippen LogP contribution in [0, 0.1) is 0 Å². The van der Waals surface area contributed by atoms with E-state index in [1.807, 2.05) is 65.7 Å². The molecule has 0 bridgehead atoms. The summed E-state index contributed by atoms with van der Waals surface area (Å²) in [5.41, 5.74) is 4.82. The van der Waals surface area contributed by atoms with E-state index in [1.165, 1.54) is 0 Å². The maximum absolute atomic E-state index is 12.4. The van der Waals surface area contributed by atoms with Gasteiger partial charge in [0.25, 0.3) is 5.91 Å². The summed E-state index contributed by atoms with van der Waals surface area (Å²) in [6, 6.07) is 19.6. The lowest BCUT2D eigenvalue weighted by molar-refractivity contribution is -0.120. The number of anilines is 2. The quantitative estimate of drug-likeness (QED) is 0.559. The van der Waals surface area contributed by atoms with Crippen LogP contribution in [0.4, 0.5) is 11.4 Å². The Balaban J connectivity index is 1.51. The predicted octanol–water partition coefficient (Wildman–Crippen LogP) is 1.78. The van der Waals surface area contributed by atoms with E-state index < -0.39 is 0 Å². The number of ether oxygens (including phenoxy) is 1. The third-order valence-electron chi connectivity index (χ3n) is 4.26. The molecular weight excluding hydrogens is 328 g/mol. The Kier molecular flexibility index (Phi) is 7.01. The van der Waals surface area contributed by atoms with E-state index in [9.17, 15) is 4.79 Å². The van der Waals surface area contributed by atoms with Crippen molar-refractivity contribution in [2.75, 3.05) is 50.9 Å². The van der Waals surface area contributed by atoms with E-state index >= 15 is 0 Å². The second kappa shape index (κ2) is 9.91. The van der Waals surface area contributed by atoms with E-state index in [2.05, 4.69) is 15.6 Å². The highest BCUT2D eigenvalue weighted by Gasteiger charge is 2.13. The number of carbonyl (C=O) groups is 1. The Hall–Kier alpha value is -2.41. The Bertz CT molecular complexity index is 621. The lowest BCUT2D eigenvalue weighted by atomic mass is 10.2. The van der Waals surface area contributed by atoms with Crippen LogP contribution in [0.5, 0.6) is 0 Å². The summed E-state index contributed by atoms with van der Waals surface area (Å²) in [7, 11) is 0. The standard InChI is InChI=1S/C20H26N4O2/c25-20(17-21-11-12-23-13-15-26-16-14-23)22-24(18-7-3-1-4-8-18)19-9-5-2-6-10-19/h1-10,21H,11-17H2,(H,22,25). The number of hydrogen-bond acceptors (Lipinski definition) is 5. The van der Waals surface area contributed by atoms with Crippen LogP contribution in [-0.4, -0.2) is 56.7 Å². The highest BCUT2D eigenvalue weighted by atomic mass is 16.5. The minimum Gasteiger partial charge on any atom is -0.379 e. The number of nitrogens with one attached hydrogen (secondary N) is 2. The fourth-order valence-corrected chi connectivity index (χ4v) is 2.86. The Morgan fingerprint density at radius 1 is 0.962 bits per heavy atom. The van der Waals surface area contributed by atoms with Gasteiger partial charge in [0.1, 0.15) is 0 Å². The first-order valence-electron chi connectivity index (χ1n) is 9.03. The first-order valence-corrected chi connectivity index (χ1v) is 9.03. The zero-order valence-electron chi connectivity index (χ0n) is 14.9. The van der Waals surface area contributed by atoms with Crippen LogP contribution in [0.15, 0.2) is 60.7 Å². The minimum absolute atomic E-state index is 0.0697. The van der Waals surface area contributed by atoms with Crippen molar-refractivity contribution < 1.29 is 9.53 Å². The molecule has 1 aliphatic heterocycles. The normalized spacial score (nSPS) is 14.8. The first-order chi connectivity index (χ1) is 12.8. The van der Waals surface area contributed by atoms with Crippen molar-refractivity contribution in [1.29, 1.82) is 0 Å². The molecule has 0 aliphatic carbocycles. The second-order valence-corrected chi connectivity index (χ2v) is 6.17. The highest BCUT2D eigenvalue weighted by molar-refractivity contribution is 5.82. The van der Waals surface area contributed by atoms with Gasteiger partial charge < -0.3 is 10.1 Å². The van der Waals surface area contributed by atoms with Gasteiger partial charge in [0.05, 0.1) is 31.1 Å². The van der Waals surface area contributed by atoms with Gasteiger partial charge in [-0.05, 0) is 24.3 Å². The molecular formula is C20H26N4O2. The largest absolute Gasteiger partial charge is 0.379 e. The number of benzene rings is 2. The fourth-order valence-electron chi connectivity index (χ4n) is 2.86. The monoisotopic (exact) mass is 354 g/mol. The summed E-state index contributed by atoms with van der Waals surface area (Å²) in [4.78, 5) is 14.7. The van der Waals surface area contributed by atoms with Crippen molar-refractivity contribution in [2.45, 2.75) is 0 Å². The molecule has 1 aliphatic rings. The van der Waals surface area contributed by atoms with E-state index in [4.69, 9.17) is 4.74 Å². The van der Waals surface area contributed by atoms with Crippen molar-refractivity contribution in [3.05, 3.63) is 60.7 Å². The van der Waals surface area contributed by atoms with E-state index in [0.717, 1.165) is 50.8 Å². The number of para-hydroxylation sites is 2. The molecule has 1 amide bonds. The Labute approximate surface area is 154 Å². The smallest absolute Gasteiger partial charge is 0.252 e. The van der Waals surface area contributed by atoms with Gasteiger partial charge in [-0.25, -0.2) is 0 Å². The molecule has 1 fully saturated rings. The molecule has 3 rings (SSSR count). The lowest BCUT2D eigenvalue weighted by Crippen LogP contribution is -2.45. The molecule has 26 heavy (non-hydrogen) atoms. The number of carbonyl (C=O) groups excluding carboxylic acids is 1. The number of hydrazine groups is 1. The second-order valence-electron chi connectivity index (χ2n) is 6.17. The van der Waals surface area contributed by atoms with Gasteiger partial charge in [0.15, 0.2) is 0 Å². The Morgan fingerprint density at radius 3 is 2.12 bits per heavy atom. The molecule has 2 aromatic carbocycles. The van der Waals surface area contributed by atoms with Crippen LogP contribution in [0.2, 0.25) is 0 Å². The third-order valence-corrected chi connectivity index (χ3v) is 4.26. The molecule has 2 N–H and O–H groups in total. The summed E-state index contributed by atoms with van der Waals surface area (Å²) in [5, 5.41) is 5.03. The molecule has 1 heterocycles. The molecule has 0 radical (unpaired) electrons. The number of morpholine rings is 1. The van der Waals surface area contributed by atoms with E-state index in [0.29, 0.717) is 0 Å². The van der Waals surface area contributed by atoms with Gasteiger partial charge in [-0.1, -0.05) is 36.4 Å². The van der Waals surface area contributed by atoms with Gasteiger partial charge >= 0.3 is 0 Å². The molecule has 2 aromatic rings. The fraction of sp³-hybridized carbons (Fsp3) is 0.350. The van der Waals surface area contributed by atoms with Crippen molar-refractivity contribution in [3.63, 3.8) is 0 Å². The van der Waals surface area contributed by atoms with Gasteiger partial charge in [-0.2, -0.15) is 0 Å². The van der Waals surface area contributed by atoms with Crippen LogP contribution >= 0.6 is 0 Å². The van der Waals surface area contributed by atoms with E-state index in [-0.39, 0.29) is 12.5 Å². The van der Waals surface area contributed by atoms with Gasteiger partial charge in [0.2, 0.25) is 0 Å². The summed E-state index contributed by atoms with van der Waals surface area (Å²) < 4.78 is 5.34. The third kappa shape index (κ3) is 5.56. The highest BCUT2D eigenvalue weighted by Crippen LogP contribution is 2.22. The predicted molar refractivity (Wildman–Crippen MR) is 103 cm³/mol. The summed E-state index contributed by atoms with van der Waals surface area (Å²) in [5.74, 6) is -0.0697. The van der Waals surface area contributed by atoms with Gasteiger partial charge in [-0.15, -0.1) is 0 Å². The molecule has 6 nitrogen and oxygen atoms in total. The average molecular weight is 354 g/mol. The first kappa shape index (κ1) is 18.4. The van der Waals surface area contributed by atoms with E-state index in [1.54, 1.807) is 0 Å². The summed E-state index contributed by atoms with van der Waals surface area (Å²) in [6.07, 6.45) is 0. The van der Waals surface area contributed by atoms with Crippen LogP contribution < -0.4 is 15.8 Å². The molecule has 0 atom stereocenters. The average Bonchev–Trinajstić information content (AvgIpc) is 2.71. The van der Waals surface area contributed by atoms with Crippen LogP contribution in [0.1, 0.15) is 0 Å². The SMILES string of the molecule is O=C(CNCCN1CCOCC1)NN(c1ccccc1)c1ccccc1. The number of nitrogens with zero attached hydrogens (tertiary/aromatic N) is 2. The molecule has 0 unspecified atom stereocenters. The minimum atomic E-state index is -0.0697. The number of amides is 1. The zero-order chi connectivity index (χ0) is 18.0. The van der Waals surface area contributed by atoms with Gasteiger partial charge in [0, 0.05) is 26.2 Å². The van der Waals surface area contributed by atoms with Crippen LogP contribution in [0.25, 0.3) is 0 Å². The lowest BCUT2D eigenvalue weighted by Gasteiger charge is -2.27. The Morgan fingerprint density at radius 2 is 1.54 bits per heavy atom. The summed E-state index contributed by atoms with van der Waals surface area (Å²) >= 11 is 0. The van der Waals surface area contributed by atoms with Gasteiger partial charge in [-0.3, -0.25) is 20.1 Å². The summed E-state index contributed by atoms with van der Waals surface area (Å²) in [6.45, 7) is 5.50. The van der Waals surface area contributed by atoms with Crippen molar-refractivity contribution in [3.8, 4) is 0 Å². The van der Waals surface area contributed by atoms with Crippen LogP contribution in [-0.2, 0) is 9.53 Å². The van der Waals surface area contributed by atoms with Crippen LogP contribution in [0.3, 0.4) is 0 Å². The molecule has 1 saturated heterocycles. The molecule has 0 saturated carbocycles. The van der Waals surface area contributed by atoms with Crippen molar-refractivity contribution >= 4 is 17.3 Å². The molecule has 0 aromatic heterocycles. The van der Waals surface area contributed by atoms with Crippen molar-refractivity contribution in [1.82, 2.24) is 15.6 Å². The number of rotatable bonds is 8. The van der Waals surface area contributed by atoms with Crippen molar-refractivity contribution in [2.24, 2.45) is 0 Å². The maximum Gasteiger partial charge on any atom is 0.252 e. The molecule has 6 heteroatoms.